The summed E-state index contributed by atoms with van der Waals surface area (Å²) in [6, 6.07) is 6.61. The van der Waals surface area contributed by atoms with E-state index in [1.165, 1.54) is 6.42 Å². The van der Waals surface area contributed by atoms with Crippen molar-refractivity contribution >= 4 is 17.5 Å². The van der Waals surface area contributed by atoms with Gasteiger partial charge in [0.1, 0.15) is 0 Å². The Morgan fingerprint density at radius 1 is 1.35 bits per heavy atom. The van der Waals surface area contributed by atoms with Crippen LogP contribution >= 0.6 is 0 Å². The first-order chi connectivity index (χ1) is 9.54. The number of hydrogen-bond acceptors (Lipinski definition) is 3. The third-order valence-corrected chi connectivity index (χ3v) is 3.56. The van der Waals surface area contributed by atoms with Crippen LogP contribution in [0, 0.1) is 5.92 Å². The molecule has 0 radical (unpaired) electrons. The van der Waals surface area contributed by atoms with Crippen molar-refractivity contribution in [3.05, 3.63) is 29.8 Å². The van der Waals surface area contributed by atoms with Gasteiger partial charge in [-0.15, -0.1) is 0 Å². The van der Waals surface area contributed by atoms with Crippen molar-refractivity contribution in [2.75, 3.05) is 25.0 Å². The lowest BCUT2D eigenvalue weighted by Gasteiger charge is -2.30. The number of carbonyl (C=O) groups is 2. The van der Waals surface area contributed by atoms with E-state index in [2.05, 4.69) is 17.1 Å². The molecule has 1 aliphatic rings. The van der Waals surface area contributed by atoms with Crippen molar-refractivity contribution in [2.45, 2.75) is 19.8 Å². The van der Waals surface area contributed by atoms with Crippen LogP contribution in [0.15, 0.2) is 24.3 Å². The zero-order chi connectivity index (χ0) is 14.5. The summed E-state index contributed by atoms with van der Waals surface area (Å²) in [5, 5.41) is 2.84. The zero-order valence-electron chi connectivity index (χ0n) is 11.8. The Kier molecular flexibility index (Phi) is 4.74. The molecule has 1 fully saturated rings. The lowest BCUT2D eigenvalue weighted by atomic mass is 10.0. The van der Waals surface area contributed by atoms with Crippen LogP contribution in [0.5, 0.6) is 0 Å². The van der Waals surface area contributed by atoms with Gasteiger partial charge >= 0.3 is 0 Å². The molecule has 108 valence electrons. The van der Waals surface area contributed by atoms with Crippen LogP contribution in [-0.4, -0.2) is 36.3 Å². The summed E-state index contributed by atoms with van der Waals surface area (Å²) >= 11 is 0. The molecule has 5 nitrogen and oxygen atoms in total. The van der Waals surface area contributed by atoms with E-state index in [1.807, 2.05) is 0 Å². The third kappa shape index (κ3) is 4.06. The van der Waals surface area contributed by atoms with Gasteiger partial charge in [0.25, 0.3) is 0 Å². The van der Waals surface area contributed by atoms with Gasteiger partial charge in [-0.1, -0.05) is 6.92 Å². The van der Waals surface area contributed by atoms with E-state index >= 15 is 0 Å². The van der Waals surface area contributed by atoms with Gasteiger partial charge in [0, 0.05) is 17.8 Å². The van der Waals surface area contributed by atoms with Crippen LogP contribution < -0.4 is 11.1 Å². The molecule has 0 bridgehead atoms. The quantitative estimate of drug-likeness (QED) is 0.873. The molecular formula is C15H21N3O2. The largest absolute Gasteiger partial charge is 0.366 e. The molecule has 2 amide bonds. The lowest BCUT2D eigenvalue weighted by molar-refractivity contribution is -0.117. The Balaban J connectivity index is 1.86. The maximum absolute atomic E-state index is 12.0. The minimum Gasteiger partial charge on any atom is -0.366 e. The van der Waals surface area contributed by atoms with Gasteiger partial charge in [0.15, 0.2) is 0 Å². The molecule has 0 aliphatic carbocycles. The maximum atomic E-state index is 12.0. The summed E-state index contributed by atoms with van der Waals surface area (Å²) in [5.41, 5.74) is 6.29. The number of anilines is 1. The predicted molar refractivity (Wildman–Crippen MR) is 78.4 cm³/mol. The van der Waals surface area contributed by atoms with Crippen LogP contribution in [0.1, 0.15) is 30.1 Å². The van der Waals surface area contributed by atoms with Crippen molar-refractivity contribution in [3.63, 3.8) is 0 Å². The summed E-state index contributed by atoms with van der Waals surface area (Å²) in [6.07, 6.45) is 2.40. The third-order valence-electron chi connectivity index (χ3n) is 3.56. The average Bonchev–Trinajstić information content (AvgIpc) is 2.39. The first-order valence-electron chi connectivity index (χ1n) is 6.96. The number of primary amides is 1. The highest BCUT2D eigenvalue weighted by Crippen LogP contribution is 2.15. The minimum absolute atomic E-state index is 0.0223. The molecule has 5 heteroatoms. The fourth-order valence-electron chi connectivity index (χ4n) is 2.55. The monoisotopic (exact) mass is 275 g/mol. The van der Waals surface area contributed by atoms with Crippen LogP contribution in [0.25, 0.3) is 0 Å². The second-order valence-electron chi connectivity index (χ2n) is 5.47. The standard InChI is InChI=1S/C15H21N3O2/c1-11-3-2-8-18(9-11)10-14(19)17-13-6-4-12(5-7-13)15(16)20/h4-7,11H,2-3,8-10H2,1H3,(H2,16,20)(H,17,19). The van der Waals surface area contributed by atoms with E-state index in [4.69, 9.17) is 5.73 Å². The first kappa shape index (κ1) is 14.5. The topological polar surface area (TPSA) is 75.4 Å². The van der Waals surface area contributed by atoms with Gasteiger partial charge in [-0.05, 0) is 49.6 Å². The highest BCUT2D eigenvalue weighted by Gasteiger charge is 2.18. The normalized spacial score (nSPS) is 19.6. The fourth-order valence-corrected chi connectivity index (χ4v) is 2.55. The van der Waals surface area contributed by atoms with E-state index in [0.717, 1.165) is 19.5 Å². The maximum Gasteiger partial charge on any atom is 0.248 e. The van der Waals surface area contributed by atoms with Crippen LogP contribution in [0.3, 0.4) is 0 Å². The molecule has 0 saturated carbocycles. The molecule has 1 heterocycles. The van der Waals surface area contributed by atoms with Gasteiger partial charge in [-0.25, -0.2) is 0 Å². The molecule has 20 heavy (non-hydrogen) atoms. The molecule has 1 saturated heterocycles. The smallest absolute Gasteiger partial charge is 0.248 e. The number of piperidine rings is 1. The molecule has 1 aromatic carbocycles. The van der Waals surface area contributed by atoms with Crippen LogP contribution in [0.2, 0.25) is 0 Å². The van der Waals surface area contributed by atoms with Gasteiger partial charge < -0.3 is 11.1 Å². The van der Waals surface area contributed by atoms with Gasteiger partial charge in [0.05, 0.1) is 6.54 Å². The Bertz CT molecular complexity index is 484. The SMILES string of the molecule is CC1CCCN(CC(=O)Nc2ccc(C(N)=O)cc2)C1. The van der Waals surface area contributed by atoms with E-state index in [-0.39, 0.29) is 5.91 Å². The zero-order valence-corrected chi connectivity index (χ0v) is 11.8. The summed E-state index contributed by atoms with van der Waals surface area (Å²) < 4.78 is 0. The van der Waals surface area contributed by atoms with Crippen LogP contribution in [-0.2, 0) is 4.79 Å². The van der Waals surface area contributed by atoms with Crippen molar-refractivity contribution in [1.82, 2.24) is 4.90 Å². The highest BCUT2D eigenvalue weighted by molar-refractivity contribution is 5.95. The molecule has 1 aliphatic heterocycles. The number of nitrogens with two attached hydrogens (primary N) is 1. The second kappa shape index (κ2) is 6.52. The number of nitrogens with zero attached hydrogens (tertiary/aromatic N) is 1. The van der Waals surface area contributed by atoms with E-state index < -0.39 is 5.91 Å². The molecular weight excluding hydrogens is 254 g/mol. The average molecular weight is 275 g/mol. The Morgan fingerprint density at radius 2 is 2.05 bits per heavy atom. The summed E-state index contributed by atoms with van der Waals surface area (Å²) in [7, 11) is 0. The molecule has 3 N–H and O–H groups in total. The molecule has 0 aromatic heterocycles. The number of benzene rings is 1. The van der Waals surface area contributed by atoms with Crippen molar-refractivity contribution in [2.24, 2.45) is 11.7 Å². The fraction of sp³-hybridized carbons (Fsp3) is 0.467. The highest BCUT2D eigenvalue weighted by atomic mass is 16.2. The summed E-state index contributed by atoms with van der Waals surface area (Å²) in [4.78, 5) is 25.1. The number of rotatable bonds is 4. The number of carbonyl (C=O) groups excluding carboxylic acids is 2. The molecule has 1 atom stereocenters. The van der Waals surface area contributed by atoms with E-state index in [0.29, 0.717) is 23.7 Å². The first-order valence-corrected chi connectivity index (χ1v) is 6.96. The molecule has 2 rings (SSSR count). The van der Waals surface area contributed by atoms with Crippen molar-refractivity contribution in [3.8, 4) is 0 Å². The summed E-state index contributed by atoms with van der Waals surface area (Å²) in [6.45, 7) is 4.60. The van der Waals surface area contributed by atoms with E-state index in [1.54, 1.807) is 24.3 Å². The number of amides is 2. The van der Waals surface area contributed by atoms with Crippen molar-refractivity contribution in [1.29, 1.82) is 0 Å². The predicted octanol–water partition coefficient (Wildman–Crippen LogP) is 1.46. The van der Waals surface area contributed by atoms with Gasteiger partial charge in [-0.3, -0.25) is 14.5 Å². The van der Waals surface area contributed by atoms with Gasteiger partial charge in [-0.2, -0.15) is 0 Å². The molecule has 0 spiro atoms. The minimum atomic E-state index is -0.467. The Morgan fingerprint density at radius 3 is 2.65 bits per heavy atom. The van der Waals surface area contributed by atoms with Crippen LogP contribution in [0.4, 0.5) is 5.69 Å². The van der Waals surface area contributed by atoms with E-state index in [9.17, 15) is 9.59 Å². The number of nitrogens with one attached hydrogen (secondary N) is 1. The Hall–Kier alpha value is -1.88. The van der Waals surface area contributed by atoms with Gasteiger partial charge in [0.2, 0.25) is 11.8 Å². The molecule has 1 unspecified atom stereocenters. The van der Waals surface area contributed by atoms with Crippen molar-refractivity contribution < 1.29 is 9.59 Å². The molecule has 1 aromatic rings. The number of hydrogen-bond donors (Lipinski definition) is 2. The number of likely N-dealkylation sites (tertiary alicyclic amines) is 1. The Labute approximate surface area is 119 Å². The summed E-state index contributed by atoms with van der Waals surface area (Å²) in [5.74, 6) is 0.169. The lowest BCUT2D eigenvalue weighted by Crippen LogP contribution is -2.39. The second-order valence-corrected chi connectivity index (χ2v) is 5.47.